The third kappa shape index (κ3) is 5.21. The predicted octanol–water partition coefficient (Wildman–Crippen LogP) is 3.43. The summed E-state index contributed by atoms with van der Waals surface area (Å²) in [4.78, 5) is 12.4. The molecule has 0 heterocycles. The van der Waals surface area contributed by atoms with Gasteiger partial charge in [-0.25, -0.2) is 0 Å². The number of rotatable bonds is 6. The summed E-state index contributed by atoms with van der Waals surface area (Å²) in [6.45, 7) is 4.67. The number of benzene rings is 1. The van der Waals surface area contributed by atoms with E-state index in [1.807, 2.05) is 31.2 Å². The van der Waals surface area contributed by atoms with Crippen LogP contribution in [0.1, 0.15) is 25.3 Å². The van der Waals surface area contributed by atoms with Crippen LogP contribution in [0.5, 0.6) is 0 Å². The van der Waals surface area contributed by atoms with Crippen molar-refractivity contribution in [1.29, 1.82) is 0 Å². The van der Waals surface area contributed by atoms with Gasteiger partial charge in [0.15, 0.2) is 0 Å². The Balaban J connectivity index is 2.23. The topological polar surface area (TPSA) is 26.3 Å². The number of hydrogen-bond donors (Lipinski definition) is 0. The molecule has 0 aliphatic carbocycles. The lowest BCUT2D eigenvalue weighted by atomic mass is 10.2. The number of hydrogen-bond acceptors (Lipinski definition) is 3. The minimum Gasteiger partial charge on any atom is -0.465 e. The lowest BCUT2D eigenvalue weighted by Crippen LogP contribution is -2.08. The standard InChI is InChI=1S/C13H18O2S/c1-3-4-9-15-13(14)10-16-12-7-5-11(2)6-8-12/h5-8H,3-4,9-10H2,1-2H3. The molecule has 0 saturated heterocycles. The van der Waals surface area contributed by atoms with Crippen molar-refractivity contribution in [2.24, 2.45) is 0 Å². The molecule has 1 aromatic carbocycles. The fourth-order valence-corrected chi connectivity index (χ4v) is 1.85. The van der Waals surface area contributed by atoms with E-state index in [2.05, 4.69) is 6.92 Å². The smallest absolute Gasteiger partial charge is 0.316 e. The Hall–Kier alpha value is -0.960. The van der Waals surface area contributed by atoms with Crippen LogP contribution in [0.4, 0.5) is 0 Å². The first kappa shape index (κ1) is 13.1. The Morgan fingerprint density at radius 3 is 2.62 bits per heavy atom. The highest BCUT2D eigenvalue weighted by Gasteiger charge is 2.03. The highest BCUT2D eigenvalue weighted by atomic mass is 32.2. The van der Waals surface area contributed by atoms with Gasteiger partial charge in [-0.15, -0.1) is 11.8 Å². The van der Waals surface area contributed by atoms with Crippen LogP contribution in [0.2, 0.25) is 0 Å². The van der Waals surface area contributed by atoms with Crippen LogP contribution in [0, 0.1) is 6.92 Å². The molecule has 0 saturated carbocycles. The summed E-state index contributed by atoms with van der Waals surface area (Å²) in [5.41, 5.74) is 1.23. The van der Waals surface area contributed by atoms with Gasteiger partial charge in [-0.05, 0) is 25.5 Å². The number of ether oxygens (including phenoxy) is 1. The Morgan fingerprint density at radius 2 is 2.00 bits per heavy atom. The van der Waals surface area contributed by atoms with Crippen molar-refractivity contribution in [3.63, 3.8) is 0 Å². The molecule has 1 rings (SSSR count). The Labute approximate surface area is 101 Å². The molecule has 0 bridgehead atoms. The normalized spacial score (nSPS) is 10.1. The zero-order chi connectivity index (χ0) is 11.8. The molecule has 0 N–H and O–H groups in total. The van der Waals surface area contributed by atoms with Crippen LogP contribution in [0.15, 0.2) is 29.2 Å². The van der Waals surface area contributed by atoms with Gasteiger partial charge >= 0.3 is 5.97 Å². The van der Waals surface area contributed by atoms with Crippen molar-refractivity contribution in [1.82, 2.24) is 0 Å². The van der Waals surface area contributed by atoms with Crippen molar-refractivity contribution < 1.29 is 9.53 Å². The summed E-state index contributed by atoms with van der Waals surface area (Å²) >= 11 is 1.52. The van der Waals surface area contributed by atoms with Crippen molar-refractivity contribution >= 4 is 17.7 Å². The molecule has 1 aromatic rings. The van der Waals surface area contributed by atoms with Gasteiger partial charge in [-0.1, -0.05) is 31.0 Å². The van der Waals surface area contributed by atoms with Gasteiger partial charge < -0.3 is 4.74 Å². The van der Waals surface area contributed by atoms with E-state index >= 15 is 0 Å². The lowest BCUT2D eigenvalue weighted by Gasteiger charge is -2.04. The first-order valence-electron chi connectivity index (χ1n) is 5.57. The SMILES string of the molecule is CCCCOC(=O)CSc1ccc(C)cc1. The number of aryl methyl sites for hydroxylation is 1. The molecule has 0 aromatic heterocycles. The maximum atomic E-state index is 11.3. The van der Waals surface area contributed by atoms with E-state index < -0.39 is 0 Å². The molecule has 3 heteroatoms. The molecule has 0 aliphatic rings. The Morgan fingerprint density at radius 1 is 1.31 bits per heavy atom. The lowest BCUT2D eigenvalue weighted by molar-refractivity contribution is -0.140. The average Bonchev–Trinajstić information content (AvgIpc) is 2.29. The zero-order valence-corrected chi connectivity index (χ0v) is 10.7. The van der Waals surface area contributed by atoms with Gasteiger partial charge in [0.05, 0.1) is 12.4 Å². The van der Waals surface area contributed by atoms with E-state index in [1.54, 1.807) is 0 Å². The molecule has 0 spiro atoms. The van der Waals surface area contributed by atoms with Gasteiger partial charge in [0.25, 0.3) is 0 Å². The van der Waals surface area contributed by atoms with Crippen molar-refractivity contribution in [2.45, 2.75) is 31.6 Å². The quantitative estimate of drug-likeness (QED) is 0.431. The van der Waals surface area contributed by atoms with E-state index in [4.69, 9.17) is 4.74 Å². The fraction of sp³-hybridized carbons (Fsp3) is 0.462. The number of thioether (sulfide) groups is 1. The molecule has 0 unspecified atom stereocenters. The predicted molar refractivity (Wildman–Crippen MR) is 67.8 cm³/mol. The van der Waals surface area contributed by atoms with Crippen molar-refractivity contribution in [3.8, 4) is 0 Å². The van der Waals surface area contributed by atoms with Gasteiger partial charge in [0, 0.05) is 4.90 Å². The van der Waals surface area contributed by atoms with E-state index in [9.17, 15) is 4.79 Å². The second kappa shape index (κ2) is 7.34. The van der Waals surface area contributed by atoms with Gasteiger partial charge in [0.2, 0.25) is 0 Å². The van der Waals surface area contributed by atoms with Crippen LogP contribution in [0.25, 0.3) is 0 Å². The first-order valence-corrected chi connectivity index (χ1v) is 6.56. The van der Waals surface area contributed by atoms with Crippen LogP contribution in [-0.2, 0) is 9.53 Å². The summed E-state index contributed by atoms with van der Waals surface area (Å²) in [6.07, 6.45) is 2.00. The maximum Gasteiger partial charge on any atom is 0.316 e. The highest BCUT2D eigenvalue weighted by molar-refractivity contribution is 8.00. The summed E-state index contributed by atoms with van der Waals surface area (Å²) < 4.78 is 5.07. The maximum absolute atomic E-state index is 11.3. The molecule has 16 heavy (non-hydrogen) atoms. The van der Waals surface area contributed by atoms with Crippen LogP contribution < -0.4 is 0 Å². The average molecular weight is 238 g/mol. The molecule has 0 aliphatic heterocycles. The summed E-state index contributed by atoms with van der Waals surface area (Å²) in [6, 6.07) is 8.15. The molecule has 0 fully saturated rings. The van der Waals surface area contributed by atoms with E-state index in [1.165, 1.54) is 17.3 Å². The van der Waals surface area contributed by atoms with Gasteiger partial charge in [-0.2, -0.15) is 0 Å². The van der Waals surface area contributed by atoms with E-state index in [0.29, 0.717) is 12.4 Å². The molecule has 2 nitrogen and oxygen atoms in total. The number of esters is 1. The second-order valence-electron chi connectivity index (χ2n) is 3.68. The Bertz CT molecular complexity index is 319. The van der Waals surface area contributed by atoms with E-state index in [-0.39, 0.29) is 5.97 Å². The third-order valence-electron chi connectivity index (χ3n) is 2.14. The fourth-order valence-electron chi connectivity index (χ4n) is 1.15. The summed E-state index contributed by atoms with van der Waals surface area (Å²) in [5.74, 6) is 0.270. The van der Waals surface area contributed by atoms with E-state index in [0.717, 1.165) is 17.7 Å². The molecular weight excluding hydrogens is 220 g/mol. The molecular formula is C13H18O2S. The minimum atomic E-state index is -0.126. The monoisotopic (exact) mass is 238 g/mol. The van der Waals surface area contributed by atoms with Gasteiger partial charge in [0.1, 0.15) is 0 Å². The zero-order valence-electron chi connectivity index (χ0n) is 9.86. The highest BCUT2D eigenvalue weighted by Crippen LogP contribution is 2.18. The number of carbonyl (C=O) groups is 1. The summed E-state index contributed by atoms with van der Waals surface area (Å²) in [7, 11) is 0. The summed E-state index contributed by atoms with van der Waals surface area (Å²) in [5, 5.41) is 0. The number of carbonyl (C=O) groups excluding carboxylic acids is 1. The van der Waals surface area contributed by atoms with Crippen molar-refractivity contribution in [2.75, 3.05) is 12.4 Å². The van der Waals surface area contributed by atoms with Gasteiger partial charge in [-0.3, -0.25) is 4.79 Å². The largest absolute Gasteiger partial charge is 0.465 e. The second-order valence-corrected chi connectivity index (χ2v) is 4.72. The molecule has 0 atom stereocenters. The molecule has 0 radical (unpaired) electrons. The molecule has 88 valence electrons. The molecule has 0 amide bonds. The van der Waals surface area contributed by atoms with Crippen LogP contribution in [-0.4, -0.2) is 18.3 Å². The van der Waals surface area contributed by atoms with Crippen LogP contribution in [0.3, 0.4) is 0 Å². The minimum absolute atomic E-state index is 0.126. The first-order chi connectivity index (χ1) is 7.72. The number of unbranched alkanes of at least 4 members (excludes halogenated alkanes) is 1. The third-order valence-corrected chi connectivity index (χ3v) is 3.12. The van der Waals surface area contributed by atoms with Crippen LogP contribution >= 0.6 is 11.8 Å². The van der Waals surface area contributed by atoms with Crippen molar-refractivity contribution in [3.05, 3.63) is 29.8 Å². The Kier molecular flexibility index (Phi) is 6.01.